The van der Waals surface area contributed by atoms with Crippen LogP contribution < -0.4 is 0 Å². The van der Waals surface area contributed by atoms with Gasteiger partial charge in [0.15, 0.2) is 0 Å². The topological polar surface area (TPSA) is 52.6 Å². The molecule has 0 bridgehead atoms. The third-order valence-electron chi connectivity index (χ3n) is 2.99. The van der Waals surface area contributed by atoms with Gasteiger partial charge in [-0.25, -0.2) is 0 Å². The first-order chi connectivity index (χ1) is 10.00. The minimum atomic E-state index is -0.499. The molecule has 0 radical (unpaired) electrons. The molecule has 4 heteroatoms. The average molecular weight is 306 g/mol. The van der Waals surface area contributed by atoms with Gasteiger partial charge in [0.25, 0.3) is 0 Å². The molecular weight excluding hydrogens is 280 g/mol. The van der Waals surface area contributed by atoms with E-state index in [0.29, 0.717) is 0 Å². The highest BCUT2D eigenvalue weighted by Gasteiger charge is 2.23. The smallest absolute Gasteiger partial charge is 0.311 e. The summed E-state index contributed by atoms with van der Waals surface area (Å²) in [6, 6.07) is 7.48. The number of carbonyl (C=O) groups excluding carboxylic acids is 2. The fraction of sp³-hybridized carbons (Fsp3) is 0.556. The van der Waals surface area contributed by atoms with Crippen LogP contribution in [0.4, 0.5) is 0 Å². The van der Waals surface area contributed by atoms with Crippen molar-refractivity contribution in [2.45, 2.75) is 54.8 Å². The number of benzene rings is 1. The van der Waals surface area contributed by atoms with E-state index in [-0.39, 0.29) is 25.2 Å². The lowest BCUT2D eigenvalue weighted by molar-refractivity contribution is -0.155. The zero-order valence-corrected chi connectivity index (χ0v) is 14.4. The summed E-state index contributed by atoms with van der Waals surface area (Å²) < 4.78 is 10.5. The van der Waals surface area contributed by atoms with Crippen LogP contribution in [0.15, 0.2) is 24.3 Å². The van der Waals surface area contributed by atoms with Gasteiger partial charge in [0.2, 0.25) is 0 Å². The molecule has 0 amide bonds. The summed E-state index contributed by atoms with van der Waals surface area (Å²) in [7, 11) is 0. The summed E-state index contributed by atoms with van der Waals surface area (Å²) in [4.78, 5) is 23.4. The molecule has 0 fully saturated rings. The minimum absolute atomic E-state index is 0.226. The third-order valence-corrected chi connectivity index (χ3v) is 2.99. The van der Waals surface area contributed by atoms with E-state index in [2.05, 4.69) is 0 Å². The lowest BCUT2D eigenvalue weighted by Gasteiger charge is -2.17. The fourth-order valence-electron chi connectivity index (χ4n) is 1.46. The van der Waals surface area contributed by atoms with Crippen molar-refractivity contribution in [3.8, 4) is 0 Å². The fourth-order valence-corrected chi connectivity index (χ4v) is 1.46. The molecule has 1 aromatic rings. The maximum Gasteiger partial charge on any atom is 0.311 e. The highest BCUT2D eigenvalue weighted by molar-refractivity contribution is 5.75. The van der Waals surface area contributed by atoms with Gasteiger partial charge in [0, 0.05) is 0 Å². The second kappa shape index (κ2) is 6.95. The highest BCUT2D eigenvalue weighted by atomic mass is 16.5. The summed E-state index contributed by atoms with van der Waals surface area (Å²) in [5, 5.41) is 0. The van der Waals surface area contributed by atoms with E-state index >= 15 is 0 Å². The molecule has 0 aliphatic carbocycles. The predicted molar refractivity (Wildman–Crippen MR) is 84.9 cm³/mol. The van der Waals surface area contributed by atoms with E-state index in [4.69, 9.17) is 9.47 Å². The standard InChI is InChI=1S/C18H26O4/c1-17(2,3)15(19)21-11-13-7-9-14(10-8-13)12-22-16(20)18(4,5)6/h7-10H,11-12H2,1-6H3. The monoisotopic (exact) mass is 306 g/mol. The van der Waals surface area contributed by atoms with Crippen LogP contribution in [0, 0.1) is 10.8 Å². The van der Waals surface area contributed by atoms with E-state index < -0.39 is 10.8 Å². The van der Waals surface area contributed by atoms with Gasteiger partial charge in [-0.3, -0.25) is 9.59 Å². The third kappa shape index (κ3) is 5.88. The van der Waals surface area contributed by atoms with E-state index in [9.17, 15) is 9.59 Å². The molecule has 0 saturated heterocycles. The summed E-state index contributed by atoms with van der Waals surface area (Å²) in [6.07, 6.45) is 0. The molecule has 0 aromatic heterocycles. The van der Waals surface area contributed by atoms with E-state index in [0.717, 1.165) is 11.1 Å². The molecule has 0 unspecified atom stereocenters. The predicted octanol–water partition coefficient (Wildman–Crippen LogP) is 3.87. The summed E-state index contributed by atoms with van der Waals surface area (Å²) >= 11 is 0. The van der Waals surface area contributed by atoms with Gasteiger partial charge in [-0.15, -0.1) is 0 Å². The van der Waals surface area contributed by atoms with Gasteiger partial charge in [-0.05, 0) is 52.7 Å². The largest absolute Gasteiger partial charge is 0.460 e. The number of ether oxygens (including phenoxy) is 2. The van der Waals surface area contributed by atoms with E-state index in [1.165, 1.54) is 0 Å². The molecule has 4 nitrogen and oxygen atoms in total. The lowest BCUT2D eigenvalue weighted by atomic mass is 9.97. The Morgan fingerprint density at radius 1 is 0.727 bits per heavy atom. The Hall–Kier alpha value is -1.84. The molecule has 122 valence electrons. The first-order valence-corrected chi connectivity index (χ1v) is 7.42. The molecule has 0 saturated carbocycles. The lowest BCUT2D eigenvalue weighted by Crippen LogP contribution is -2.23. The van der Waals surface area contributed by atoms with Gasteiger partial charge in [-0.1, -0.05) is 24.3 Å². The van der Waals surface area contributed by atoms with E-state index in [1.807, 2.05) is 65.8 Å². The summed E-state index contributed by atoms with van der Waals surface area (Å²) in [5.74, 6) is -0.452. The average Bonchev–Trinajstić information content (AvgIpc) is 2.41. The number of hydrogen-bond acceptors (Lipinski definition) is 4. The first-order valence-electron chi connectivity index (χ1n) is 7.42. The maximum absolute atomic E-state index is 11.7. The van der Waals surface area contributed by atoms with Crippen molar-refractivity contribution >= 4 is 11.9 Å². The van der Waals surface area contributed by atoms with Gasteiger partial charge >= 0.3 is 11.9 Å². The Morgan fingerprint density at radius 2 is 1.00 bits per heavy atom. The zero-order chi connectivity index (χ0) is 17.0. The van der Waals surface area contributed by atoms with Crippen LogP contribution in [-0.4, -0.2) is 11.9 Å². The minimum Gasteiger partial charge on any atom is -0.460 e. The van der Waals surface area contributed by atoms with Crippen molar-refractivity contribution < 1.29 is 19.1 Å². The van der Waals surface area contributed by atoms with Crippen molar-refractivity contribution in [2.75, 3.05) is 0 Å². The van der Waals surface area contributed by atoms with Crippen LogP contribution in [0.3, 0.4) is 0 Å². The molecule has 1 rings (SSSR count). The van der Waals surface area contributed by atoms with Crippen molar-refractivity contribution in [1.29, 1.82) is 0 Å². The van der Waals surface area contributed by atoms with Gasteiger partial charge in [-0.2, -0.15) is 0 Å². The molecule has 0 aliphatic rings. The van der Waals surface area contributed by atoms with Crippen LogP contribution in [0.2, 0.25) is 0 Å². The zero-order valence-electron chi connectivity index (χ0n) is 14.4. The van der Waals surface area contributed by atoms with Crippen molar-refractivity contribution in [1.82, 2.24) is 0 Å². The molecule has 22 heavy (non-hydrogen) atoms. The Morgan fingerprint density at radius 3 is 1.23 bits per heavy atom. The number of carbonyl (C=O) groups is 2. The van der Waals surface area contributed by atoms with E-state index in [1.54, 1.807) is 0 Å². The molecule has 0 N–H and O–H groups in total. The Balaban J connectivity index is 2.50. The van der Waals surface area contributed by atoms with Crippen molar-refractivity contribution in [3.63, 3.8) is 0 Å². The Kier molecular flexibility index (Phi) is 5.75. The van der Waals surface area contributed by atoms with Gasteiger partial charge in [0.05, 0.1) is 10.8 Å². The first kappa shape index (κ1) is 18.2. The molecular formula is C18H26O4. The normalized spacial score (nSPS) is 11.9. The highest BCUT2D eigenvalue weighted by Crippen LogP contribution is 2.18. The Labute approximate surface area is 132 Å². The second-order valence-corrected chi connectivity index (χ2v) is 7.47. The van der Waals surface area contributed by atoms with Crippen molar-refractivity contribution in [3.05, 3.63) is 35.4 Å². The second-order valence-electron chi connectivity index (χ2n) is 7.47. The number of hydrogen-bond donors (Lipinski definition) is 0. The number of esters is 2. The van der Waals surface area contributed by atoms with Crippen LogP contribution in [0.25, 0.3) is 0 Å². The summed E-state index contributed by atoms with van der Waals surface area (Å²) in [6.45, 7) is 11.4. The maximum atomic E-state index is 11.7. The van der Waals surface area contributed by atoms with Crippen LogP contribution in [0.1, 0.15) is 52.7 Å². The van der Waals surface area contributed by atoms with Crippen LogP contribution >= 0.6 is 0 Å². The van der Waals surface area contributed by atoms with Crippen LogP contribution in [0.5, 0.6) is 0 Å². The molecule has 1 aromatic carbocycles. The quantitative estimate of drug-likeness (QED) is 0.792. The molecule has 0 spiro atoms. The SMILES string of the molecule is CC(C)(C)C(=O)OCc1ccc(COC(=O)C(C)(C)C)cc1. The van der Waals surface area contributed by atoms with Gasteiger partial charge < -0.3 is 9.47 Å². The molecule has 0 atom stereocenters. The van der Waals surface area contributed by atoms with Crippen LogP contribution in [-0.2, 0) is 32.3 Å². The van der Waals surface area contributed by atoms with Crippen molar-refractivity contribution in [2.24, 2.45) is 10.8 Å². The summed E-state index contributed by atoms with van der Waals surface area (Å²) in [5.41, 5.74) is 0.814. The molecule has 0 aliphatic heterocycles. The van der Waals surface area contributed by atoms with Gasteiger partial charge in [0.1, 0.15) is 13.2 Å². The Bertz CT molecular complexity index is 467. The molecule has 0 heterocycles. The number of rotatable bonds is 4.